The lowest BCUT2D eigenvalue weighted by Gasteiger charge is -2.33. The molecule has 0 aromatic heterocycles. The highest BCUT2D eigenvalue weighted by Crippen LogP contribution is 2.57. The minimum atomic E-state index is -6.91. The van der Waals surface area contributed by atoms with Gasteiger partial charge in [0, 0.05) is 16.9 Å². The molecule has 1 rings (SSSR count). The van der Waals surface area contributed by atoms with Crippen molar-refractivity contribution in [2.45, 2.75) is 48.3 Å². The van der Waals surface area contributed by atoms with E-state index in [9.17, 15) is 39.5 Å². The van der Waals surface area contributed by atoms with Crippen molar-refractivity contribution >= 4 is 23.8 Å². The van der Waals surface area contributed by atoms with Crippen molar-refractivity contribution in [2.75, 3.05) is 5.75 Å². The first-order valence-electron chi connectivity index (χ1n) is 5.95. The van der Waals surface area contributed by atoms with Crippen LogP contribution >= 0.6 is 23.8 Å². The zero-order valence-electron chi connectivity index (χ0n) is 11.6. The average molecular weight is 394 g/mol. The molecule has 0 radical (unpaired) electrons. The molecule has 23 heavy (non-hydrogen) atoms. The van der Waals surface area contributed by atoms with Crippen LogP contribution in [0.25, 0.3) is 0 Å². The normalized spacial score (nSPS) is 20.2. The summed E-state index contributed by atoms with van der Waals surface area (Å²) in [7, 11) is 0. The Hall–Kier alpha value is -0.390. The molecule has 0 spiro atoms. The lowest BCUT2D eigenvalue weighted by Crippen LogP contribution is -2.59. The molecule has 0 saturated carbocycles. The van der Waals surface area contributed by atoms with Crippen LogP contribution in [0.5, 0.6) is 0 Å². The van der Waals surface area contributed by atoms with Crippen molar-refractivity contribution in [1.29, 1.82) is 0 Å². The number of hydrogen-bond acceptors (Lipinski definition) is 3. The van der Waals surface area contributed by atoms with Gasteiger partial charge in [-0.15, -0.1) is 0 Å². The Bertz CT molecular complexity index is 471. The number of thioether (sulfide) groups is 1. The average Bonchev–Trinajstić information content (AvgIpc) is 2.33. The molecule has 0 fully saturated rings. The minimum Gasteiger partial charge on any atom is -0.424 e. The lowest BCUT2D eigenvalue weighted by molar-refractivity contribution is -0.381. The highest BCUT2D eigenvalue weighted by Gasteiger charge is 2.82. The van der Waals surface area contributed by atoms with Gasteiger partial charge in [-0.1, -0.05) is 0 Å². The van der Waals surface area contributed by atoms with E-state index in [2.05, 4.69) is 4.18 Å². The summed E-state index contributed by atoms with van der Waals surface area (Å²) in [5.41, 5.74) is 0. The first kappa shape index (κ1) is 20.7. The standard InChI is InChI=1S/C11H11F9OS2/c1-7(2)5-6(3-4-22-7)21-23-11(19,20)9(14,15)8(12,13)10(16,17)18/h5H,3-4H2,1-2H3. The molecule has 0 atom stereocenters. The van der Waals surface area contributed by atoms with E-state index >= 15 is 0 Å². The predicted molar refractivity (Wildman–Crippen MR) is 68.8 cm³/mol. The molecular weight excluding hydrogens is 383 g/mol. The second-order valence-electron chi connectivity index (χ2n) is 5.14. The van der Waals surface area contributed by atoms with Crippen LogP contribution in [-0.4, -0.2) is 33.8 Å². The molecule has 0 N–H and O–H groups in total. The fourth-order valence-corrected chi connectivity index (χ4v) is 3.12. The van der Waals surface area contributed by atoms with Gasteiger partial charge in [-0.2, -0.15) is 51.3 Å². The molecule has 0 unspecified atom stereocenters. The fourth-order valence-electron chi connectivity index (χ4n) is 1.50. The Labute approximate surface area is 134 Å². The molecule has 0 saturated heterocycles. The second kappa shape index (κ2) is 6.16. The molecule has 0 amide bonds. The number of halogens is 9. The van der Waals surface area contributed by atoms with Crippen LogP contribution < -0.4 is 0 Å². The Morgan fingerprint density at radius 2 is 1.52 bits per heavy atom. The third-order valence-corrected chi connectivity index (χ3v) is 4.73. The topological polar surface area (TPSA) is 9.23 Å². The summed E-state index contributed by atoms with van der Waals surface area (Å²) in [6.07, 6.45) is -5.47. The van der Waals surface area contributed by atoms with Crippen molar-refractivity contribution in [3.05, 3.63) is 11.8 Å². The van der Waals surface area contributed by atoms with Crippen molar-refractivity contribution in [2.24, 2.45) is 0 Å². The third-order valence-electron chi connectivity index (χ3n) is 2.70. The van der Waals surface area contributed by atoms with Gasteiger partial charge < -0.3 is 4.18 Å². The minimum absolute atomic E-state index is 0.0540. The van der Waals surface area contributed by atoms with Crippen LogP contribution in [0.2, 0.25) is 0 Å². The number of hydrogen-bond donors (Lipinski definition) is 0. The van der Waals surface area contributed by atoms with E-state index in [0.717, 1.165) is 0 Å². The Morgan fingerprint density at radius 1 is 1.00 bits per heavy atom. The Balaban J connectivity index is 2.92. The lowest BCUT2D eigenvalue weighted by atomic mass is 10.1. The van der Waals surface area contributed by atoms with Crippen LogP contribution in [0, 0.1) is 0 Å². The summed E-state index contributed by atoms with van der Waals surface area (Å²) in [6, 6.07) is 0. The summed E-state index contributed by atoms with van der Waals surface area (Å²) in [6.45, 7) is 3.32. The van der Waals surface area contributed by atoms with Gasteiger partial charge in [0.1, 0.15) is 17.8 Å². The molecule has 0 aromatic rings. The van der Waals surface area contributed by atoms with Crippen LogP contribution in [-0.2, 0) is 4.18 Å². The van der Waals surface area contributed by atoms with Gasteiger partial charge in [-0.3, -0.25) is 0 Å². The molecule has 136 valence electrons. The van der Waals surface area contributed by atoms with Crippen LogP contribution in [0.3, 0.4) is 0 Å². The quantitative estimate of drug-likeness (QED) is 0.426. The summed E-state index contributed by atoms with van der Waals surface area (Å²) in [5.74, 6) is -13.4. The molecule has 0 aliphatic carbocycles. The largest absolute Gasteiger partial charge is 0.460 e. The van der Waals surface area contributed by atoms with Gasteiger partial charge in [0.05, 0.1) is 0 Å². The molecule has 0 bridgehead atoms. The molecule has 1 heterocycles. The SMILES string of the molecule is CC1(C)C=C(OSC(F)(F)C(F)(F)C(F)(F)C(F)(F)F)CCS1. The predicted octanol–water partition coefficient (Wildman–Crippen LogP) is 5.88. The first-order valence-corrected chi connectivity index (χ1v) is 7.68. The second-order valence-corrected chi connectivity index (χ2v) is 7.74. The van der Waals surface area contributed by atoms with Crippen molar-refractivity contribution in [3.63, 3.8) is 0 Å². The van der Waals surface area contributed by atoms with E-state index in [4.69, 9.17) is 0 Å². The smallest absolute Gasteiger partial charge is 0.424 e. The van der Waals surface area contributed by atoms with Crippen molar-refractivity contribution in [3.8, 4) is 0 Å². The van der Waals surface area contributed by atoms with E-state index < -0.39 is 40.1 Å². The number of allylic oxidation sites excluding steroid dienone is 1. The van der Waals surface area contributed by atoms with Gasteiger partial charge >= 0.3 is 23.3 Å². The molecule has 12 heteroatoms. The maximum absolute atomic E-state index is 13.3. The number of rotatable bonds is 5. The van der Waals surface area contributed by atoms with Crippen molar-refractivity contribution in [1.82, 2.24) is 0 Å². The van der Waals surface area contributed by atoms with Gasteiger partial charge in [0.2, 0.25) is 0 Å². The van der Waals surface area contributed by atoms with E-state index in [1.165, 1.54) is 17.8 Å². The van der Waals surface area contributed by atoms with Gasteiger partial charge in [0.15, 0.2) is 0 Å². The van der Waals surface area contributed by atoms with Crippen LogP contribution in [0.15, 0.2) is 11.8 Å². The number of alkyl halides is 9. The van der Waals surface area contributed by atoms with Gasteiger partial charge in [-0.25, -0.2) is 0 Å². The monoisotopic (exact) mass is 394 g/mol. The van der Waals surface area contributed by atoms with Gasteiger partial charge in [-0.05, 0) is 19.9 Å². The third kappa shape index (κ3) is 4.18. The molecule has 0 aromatic carbocycles. The van der Waals surface area contributed by atoms with E-state index in [1.807, 2.05) is 0 Å². The summed E-state index contributed by atoms with van der Waals surface area (Å²) < 4.78 is 117. The summed E-state index contributed by atoms with van der Waals surface area (Å²) >= 11 is -0.00439. The highest BCUT2D eigenvalue weighted by atomic mass is 32.2. The van der Waals surface area contributed by atoms with Crippen LogP contribution in [0.4, 0.5) is 39.5 Å². The molecular formula is C11H11F9OS2. The zero-order chi connectivity index (χ0) is 18.3. The summed E-state index contributed by atoms with van der Waals surface area (Å²) in [5, 5.41) is -5.79. The first-order chi connectivity index (χ1) is 10.0. The maximum atomic E-state index is 13.3. The maximum Gasteiger partial charge on any atom is 0.460 e. The summed E-state index contributed by atoms with van der Waals surface area (Å²) in [4.78, 5) is 0. The van der Waals surface area contributed by atoms with E-state index in [0.29, 0.717) is 5.75 Å². The molecule has 1 nitrogen and oxygen atoms in total. The highest BCUT2D eigenvalue weighted by molar-refractivity contribution is 8.00. The van der Waals surface area contributed by atoms with E-state index in [-0.39, 0.29) is 12.2 Å². The van der Waals surface area contributed by atoms with E-state index in [1.54, 1.807) is 13.8 Å². The Morgan fingerprint density at radius 3 is 1.96 bits per heavy atom. The molecule has 1 aliphatic heterocycles. The zero-order valence-corrected chi connectivity index (χ0v) is 13.3. The fraction of sp³-hybridized carbons (Fsp3) is 0.818. The van der Waals surface area contributed by atoms with Crippen molar-refractivity contribution < 1.29 is 43.7 Å². The van der Waals surface area contributed by atoms with Crippen LogP contribution in [0.1, 0.15) is 20.3 Å². The molecule has 1 aliphatic rings. The Kier molecular flexibility index (Phi) is 5.53. The van der Waals surface area contributed by atoms with Gasteiger partial charge in [0.25, 0.3) is 0 Å².